The molecule has 3 nitrogen and oxygen atoms in total. The lowest BCUT2D eigenvalue weighted by Gasteiger charge is -2.35. The van der Waals surface area contributed by atoms with Gasteiger partial charge in [0.1, 0.15) is 0 Å². The van der Waals surface area contributed by atoms with Crippen LogP contribution in [-0.2, 0) is 11.3 Å². The van der Waals surface area contributed by atoms with Gasteiger partial charge in [0, 0.05) is 25.3 Å². The summed E-state index contributed by atoms with van der Waals surface area (Å²) in [5.74, 6) is 0.699. The first-order valence-corrected chi connectivity index (χ1v) is 8.27. The minimum atomic E-state index is 0.380. The van der Waals surface area contributed by atoms with E-state index in [0.29, 0.717) is 12.0 Å². The molecule has 1 fully saturated rings. The number of ether oxygens (including phenoxy) is 1. The fraction of sp³-hybridized carbons (Fsp3) is 0.667. The zero-order chi connectivity index (χ0) is 15.2. The van der Waals surface area contributed by atoms with E-state index in [2.05, 4.69) is 56.1 Å². The Bertz CT molecular complexity index is 445. The molecular formula is C18H30N2O. The van der Waals surface area contributed by atoms with Gasteiger partial charge >= 0.3 is 0 Å². The Labute approximate surface area is 129 Å². The number of aryl methyl sites for hydroxylation is 1. The molecule has 118 valence electrons. The van der Waals surface area contributed by atoms with Crippen molar-refractivity contribution < 1.29 is 4.74 Å². The second-order valence-corrected chi connectivity index (χ2v) is 6.49. The molecule has 1 saturated heterocycles. The van der Waals surface area contributed by atoms with Crippen LogP contribution < -0.4 is 10.2 Å². The summed E-state index contributed by atoms with van der Waals surface area (Å²) in [5.41, 5.74) is 4.11. The second kappa shape index (κ2) is 7.81. The highest BCUT2D eigenvalue weighted by Crippen LogP contribution is 2.24. The second-order valence-electron chi connectivity index (χ2n) is 6.49. The first-order valence-electron chi connectivity index (χ1n) is 8.27. The lowest BCUT2D eigenvalue weighted by Crippen LogP contribution is -2.42. The summed E-state index contributed by atoms with van der Waals surface area (Å²) in [4.78, 5) is 2.47. The summed E-state index contributed by atoms with van der Waals surface area (Å²) < 4.78 is 5.77. The van der Waals surface area contributed by atoms with Gasteiger partial charge in [0.25, 0.3) is 0 Å². The number of anilines is 1. The molecule has 1 atom stereocenters. The van der Waals surface area contributed by atoms with E-state index in [0.717, 1.165) is 39.2 Å². The Kier molecular flexibility index (Phi) is 6.07. The molecule has 1 N–H and O–H groups in total. The Morgan fingerprint density at radius 2 is 2.19 bits per heavy atom. The normalized spacial score (nSPS) is 19.3. The third-order valence-electron chi connectivity index (χ3n) is 4.08. The quantitative estimate of drug-likeness (QED) is 0.869. The van der Waals surface area contributed by atoms with E-state index in [1.165, 1.54) is 16.8 Å². The van der Waals surface area contributed by atoms with Crippen molar-refractivity contribution in [1.29, 1.82) is 0 Å². The largest absolute Gasteiger partial charge is 0.375 e. The lowest BCUT2D eigenvalue weighted by atomic mass is 10.1. The number of morpholine rings is 1. The van der Waals surface area contributed by atoms with Crippen molar-refractivity contribution in [1.82, 2.24) is 5.32 Å². The molecular weight excluding hydrogens is 260 g/mol. The topological polar surface area (TPSA) is 24.5 Å². The van der Waals surface area contributed by atoms with Crippen molar-refractivity contribution in [2.24, 2.45) is 5.92 Å². The van der Waals surface area contributed by atoms with Gasteiger partial charge in [-0.05, 0) is 43.0 Å². The van der Waals surface area contributed by atoms with Crippen LogP contribution in [0.4, 0.5) is 5.69 Å². The molecule has 0 bridgehead atoms. The summed E-state index contributed by atoms with van der Waals surface area (Å²) in [7, 11) is 0. The third kappa shape index (κ3) is 4.72. The van der Waals surface area contributed by atoms with E-state index < -0.39 is 0 Å². The molecule has 21 heavy (non-hydrogen) atoms. The first-order chi connectivity index (χ1) is 10.1. The fourth-order valence-electron chi connectivity index (χ4n) is 2.87. The van der Waals surface area contributed by atoms with Crippen LogP contribution in [0.2, 0.25) is 0 Å². The predicted molar refractivity (Wildman–Crippen MR) is 90.0 cm³/mol. The SMILES string of the molecule is CCC1CN(c2ccc(CNCC(C)C)cc2C)CCO1. The maximum atomic E-state index is 5.77. The molecule has 0 radical (unpaired) electrons. The van der Waals surface area contributed by atoms with Crippen LogP contribution in [0, 0.1) is 12.8 Å². The molecule has 1 heterocycles. The number of hydrogen-bond donors (Lipinski definition) is 1. The highest BCUT2D eigenvalue weighted by atomic mass is 16.5. The van der Waals surface area contributed by atoms with Gasteiger partial charge < -0.3 is 15.0 Å². The van der Waals surface area contributed by atoms with Crippen LogP contribution in [-0.4, -0.2) is 32.3 Å². The summed E-state index contributed by atoms with van der Waals surface area (Å²) in [6, 6.07) is 6.85. The molecule has 3 heteroatoms. The van der Waals surface area contributed by atoms with Crippen molar-refractivity contribution in [2.45, 2.75) is 46.8 Å². The van der Waals surface area contributed by atoms with Crippen LogP contribution in [0.5, 0.6) is 0 Å². The highest BCUT2D eigenvalue weighted by Gasteiger charge is 2.20. The van der Waals surface area contributed by atoms with Gasteiger partial charge in [-0.2, -0.15) is 0 Å². The number of nitrogens with one attached hydrogen (secondary N) is 1. The molecule has 0 spiro atoms. The van der Waals surface area contributed by atoms with E-state index in [-0.39, 0.29) is 0 Å². The van der Waals surface area contributed by atoms with Gasteiger partial charge in [0.05, 0.1) is 12.7 Å². The molecule has 0 amide bonds. The molecule has 1 aliphatic rings. The van der Waals surface area contributed by atoms with E-state index in [4.69, 9.17) is 4.74 Å². The molecule has 2 rings (SSSR count). The first kappa shape index (κ1) is 16.3. The molecule has 1 aromatic rings. The number of hydrogen-bond acceptors (Lipinski definition) is 3. The number of nitrogens with zero attached hydrogens (tertiary/aromatic N) is 1. The Morgan fingerprint density at radius 3 is 2.86 bits per heavy atom. The van der Waals surface area contributed by atoms with E-state index in [9.17, 15) is 0 Å². The van der Waals surface area contributed by atoms with Gasteiger partial charge in [-0.3, -0.25) is 0 Å². The van der Waals surface area contributed by atoms with Crippen molar-refractivity contribution >= 4 is 5.69 Å². The molecule has 0 saturated carbocycles. The summed E-state index contributed by atoms with van der Waals surface area (Å²) in [6.45, 7) is 13.8. The Balaban J connectivity index is 1.98. The smallest absolute Gasteiger partial charge is 0.0748 e. The van der Waals surface area contributed by atoms with Gasteiger partial charge in [-0.25, -0.2) is 0 Å². The standard InChI is InChI=1S/C18H30N2O/c1-5-17-13-20(8-9-21-17)18-7-6-16(10-15(18)4)12-19-11-14(2)3/h6-7,10,14,17,19H,5,8-9,11-13H2,1-4H3. The van der Waals surface area contributed by atoms with E-state index in [1.807, 2.05) is 0 Å². The zero-order valence-corrected chi connectivity index (χ0v) is 14.0. The van der Waals surface area contributed by atoms with E-state index in [1.54, 1.807) is 0 Å². The monoisotopic (exact) mass is 290 g/mol. The highest BCUT2D eigenvalue weighted by molar-refractivity contribution is 5.54. The molecule has 1 unspecified atom stereocenters. The summed E-state index contributed by atoms with van der Waals surface area (Å²) in [5, 5.41) is 3.51. The van der Waals surface area contributed by atoms with Gasteiger partial charge in [0.15, 0.2) is 0 Å². The van der Waals surface area contributed by atoms with Crippen molar-refractivity contribution in [2.75, 3.05) is 31.1 Å². The van der Waals surface area contributed by atoms with Gasteiger partial charge in [-0.1, -0.05) is 32.9 Å². The summed E-state index contributed by atoms with van der Waals surface area (Å²) in [6.07, 6.45) is 1.47. The van der Waals surface area contributed by atoms with Crippen LogP contribution in [0.15, 0.2) is 18.2 Å². The maximum absolute atomic E-state index is 5.77. The minimum Gasteiger partial charge on any atom is -0.375 e. The van der Waals surface area contributed by atoms with Crippen LogP contribution >= 0.6 is 0 Å². The molecule has 1 aliphatic heterocycles. The van der Waals surface area contributed by atoms with Crippen LogP contribution in [0.1, 0.15) is 38.3 Å². The summed E-state index contributed by atoms with van der Waals surface area (Å²) >= 11 is 0. The molecule has 1 aromatic carbocycles. The predicted octanol–water partition coefficient (Wildman–Crippen LogP) is 3.36. The zero-order valence-electron chi connectivity index (χ0n) is 14.0. The van der Waals surface area contributed by atoms with E-state index >= 15 is 0 Å². The van der Waals surface area contributed by atoms with Crippen LogP contribution in [0.25, 0.3) is 0 Å². The molecule has 0 aliphatic carbocycles. The fourth-order valence-corrected chi connectivity index (χ4v) is 2.87. The Hall–Kier alpha value is -1.06. The van der Waals surface area contributed by atoms with Crippen molar-refractivity contribution in [3.63, 3.8) is 0 Å². The Morgan fingerprint density at radius 1 is 1.38 bits per heavy atom. The lowest BCUT2D eigenvalue weighted by molar-refractivity contribution is 0.0384. The van der Waals surface area contributed by atoms with Crippen molar-refractivity contribution in [3.05, 3.63) is 29.3 Å². The van der Waals surface area contributed by atoms with Gasteiger partial charge in [-0.15, -0.1) is 0 Å². The third-order valence-corrected chi connectivity index (χ3v) is 4.08. The number of benzene rings is 1. The average molecular weight is 290 g/mol. The minimum absolute atomic E-state index is 0.380. The van der Waals surface area contributed by atoms with Crippen LogP contribution in [0.3, 0.4) is 0 Å². The average Bonchev–Trinajstić information content (AvgIpc) is 2.47. The van der Waals surface area contributed by atoms with Gasteiger partial charge in [0.2, 0.25) is 0 Å². The maximum Gasteiger partial charge on any atom is 0.0748 e. The number of rotatable bonds is 6. The molecule has 0 aromatic heterocycles. The van der Waals surface area contributed by atoms with Crippen molar-refractivity contribution in [3.8, 4) is 0 Å².